The van der Waals surface area contributed by atoms with Gasteiger partial charge in [-0.3, -0.25) is 4.98 Å². The number of nitrogens with one attached hydrogen (secondary N) is 1. The maximum Gasteiger partial charge on any atom is 0.148 e. The van der Waals surface area contributed by atoms with Crippen molar-refractivity contribution in [1.29, 1.82) is 0 Å². The second-order valence-electron chi connectivity index (χ2n) is 2.69. The number of pyridine rings is 1. The van der Waals surface area contributed by atoms with Crippen molar-refractivity contribution in [3.05, 3.63) is 35.9 Å². The minimum Gasteiger partial charge on any atom is -0.319 e. The van der Waals surface area contributed by atoms with Gasteiger partial charge in [-0.2, -0.15) is 0 Å². The van der Waals surface area contributed by atoms with E-state index in [0.29, 0.717) is 5.56 Å². The Morgan fingerprint density at radius 1 is 1.62 bits per heavy atom. The minimum absolute atomic E-state index is 0.275. The van der Waals surface area contributed by atoms with Crippen molar-refractivity contribution in [3.63, 3.8) is 0 Å². The van der Waals surface area contributed by atoms with E-state index in [1.807, 2.05) is 13.1 Å². The van der Waals surface area contributed by atoms with E-state index < -0.39 is 0 Å². The van der Waals surface area contributed by atoms with Gasteiger partial charge in [0.15, 0.2) is 0 Å². The Morgan fingerprint density at radius 3 is 3.15 bits per heavy atom. The number of hydrogen-bond acceptors (Lipinski definition) is 2. The second kappa shape index (κ2) is 5.43. The van der Waals surface area contributed by atoms with Gasteiger partial charge in [-0.15, -0.1) is 0 Å². The maximum absolute atomic E-state index is 13.0. The van der Waals surface area contributed by atoms with E-state index in [9.17, 15) is 4.39 Å². The standard InChI is InChI=1S/C10H13FN2/c1-12-6-3-2-4-9-5-7-13-8-10(9)11/h2,4-5,7-8,12H,3,6H2,1H3. The molecular formula is C10H13FN2. The van der Waals surface area contributed by atoms with E-state index in [-0.39, 0.29) is 5.82 Å². The van der Waals surface area contributed by atoms with Crippen LogP contribution in [0.15, 0.2) is 24.5 Å². The lowest BCUT2D eigenvalue weighted by Crippen LogP contribution is -2.05. The molecule has 70 valence electrons. The smallest absolute Gasteiger partial charge is 0.148 e. The molecule has 0 bridgehead atoms. The van der Waals surface area contributed by atoms with Crippen LogP contribution in [0, 0.1) is 5.82 Å². The van der Waals surface area contributed by atoms with Gasteiger partial charge in [-0.1, -0.05) is 12.2 Å². The van der Waals surface area contributed by atoms with Gasteiger partial charge >= 0.3 is 0 Å². The number of rotatable bonds is 4. The number of nitrogens with zero attached hydrogens (tertiary/aromatic N) is 1. The fourth-order valence-electron chi connectivity index (χ4n) is 0.959. The van der Waals surface area contributed by atoms with E-state index in [4.69, 9.17) is 0 Å². The molecule has 13 heavy (non-hydrogen) atoms. The van der Waals surface area contributed by atoms with Gasteiger partial charge in [0.25, 0.3) is 0 Å². The van der Waals surface area contributed by atoms with Crippen LogP contribution in [0.4, 0.5) is 4.39 Å². The van der Waals surface area contributed by atoms with Crippen LogP contribution < -0.4 is 5.32 Å². The molecule has 3 heteroatoms. The van der Waals surface area contributed by atoms with Crippen LogP contribution in [0.1, 0.15) is 12.0 Å². The van der Waals surface area contributed by atoms with Crippen LogP contribution in [-0.4, -0.2) is 18.6 Å². The molecule has 1 rings (SSSR count). The molecule has 1 aromatic heterocycles. The molecule has 0 aliphatic carbocycles. The summed E-state index contributed by atoms with van der Waals surface area (Å²) in [5.41, 5.74) is 0.589. The summed E-state index contributed by atoms with van der Waals surface area (Å²) in [5, 5.41) is 3.01. The minimum atomic E-state index is -0.275. The highest BCUT2D eigenvalue weighted by Crippen LogP contribution is 2.06. The van der Waals surface area contributed by atoms with Gasteiger partial charge < -0.3 is 5.32 Å². The first-order valence-corrected chi connectivity index (χ1v) is 4.25. The molecule has 0 spiro atoms. The third kappa shape index (κ3) is 3.34. The van der Waals surface area contributed by atoms with Crippen molar-refractivity contribution in [1.82, 2.24) is 10.3 Å². The van der Waals surface area contributed by atoms with Crippen LogP contribution in [0.25, 0.3) is 6.08 Å². The molecule has 0 aliphatic heterocycles. The lowest BCUT2D eigenvalue weighted by atomic mass is 10.2. The summed E-state index contributed by atoms with van der Waals surface area (Å²) in [4.78, 5) is 3.67. The fourth-order valence-corrected chi connectivity index (χ4v) is 0.959. The van der Waals surface area contributed by atoms with Crippen molar-refractivity contribution in [3.8, 4) is 0 Å². The van der Waals surface area contributed by atoms with Gasteiger partial charge in [-0.05, 0) is 26.1 Å². The Bertz CT molecular complexity index is 284. The molecule has 0 amide bonds. The molecule has 0 saturated heterocycles. The number of hydrogen-bond donors (Lipinski definition) is 1. The Balaban J connectivity index is 2.53. The van der Waals surface area contributed by atoms with Crippen LogP contribution in [0.3, 0.4) is 0 Å². The normalized spacial score (nSPS) is 10.9. The fraction of sp³-hybridized carbons (Fsp3) is 0.300. The van der Waals surface area contributed by atoms with E-state index in [0.717, 1.165) is 13.0 Å². The van der Waals surface area contributed by atoms with Crippen LogP contribution >= 0.6 is 0 Å². The Kier molecular flexibility index (Phi) is 4.12. The molecular weight excluding hydrogens is 167 g/mol. The Morgan fingerprint density at radius 2 is 2.46 bits per heavy atom. The zero-order chi connectivity index (χ0) is 9.52. The summed E-state index contributed by atoms with van der Waals surface area (Å²) in [6.07, 6.45) is 7.42. The first-order valence-electron chi connectivity index (χ1n) is 4.25. The summed E-state index contributed by atoms with van der Waals surface area (Å²) in [6, 6.07) is 1.66. The van der Waals surface area contributed by atoms with E-state index in [1.54, 1.807) is 18.3 Å². The monoisotopic (exact) mass is 180 g/mol. The Hall–Kier alpha value is -1.22. The molecule has 1 aromatic rings. The molecule has 2 nitrogen and oxygen atoms in total. The van der Waals surface area contributed by atoms with Crippen LogP contribution in [0.5, 0.6) is 0 Å². The lowest BCUT2D eigenvalue weighted by molar-refractivity contribution is 0.618. The highest BCUT2D eigenvalue weighted by atomic mass is 19.1. The molecule has 1 heterocycles. The molecule has 0 aromatic carbocycles. The van der Waals surface area contributed by atoms with Gasteiger partial charge in [0.2, 0.25) is 0 Å². The molecule has 0 saturated carbocycles. The summed E-state index contributed by atoms with van der Waals surface area (Å²) >= 11 is 0. The quantitative estimate of drug-likeness (QED) is 0.715. The average molecular weight is 180 g/mol. The lowest BCUT2D eigenvalue weighted by Gasteiger charge is -1.94. The highest BCUT2D eigenvalue weighted by Gasteiger charge is 1.94. The van der Waals surface area contributed by atoms with Gasteiger partial charge in [0.1, 0.15) is 5.82 Å². The third-order valence-corrected chi connectivity index (χ3v) is 1.66. The van der Waals surface area contributed by atoms with Crippen LogP contribution in [-0.2, 0) is 0 Å². The van der Waals surface area contributed by atoms with Gasteiger partial charge in [0, 0.05) is 11.8 Å². The predicted molar refractivity (Wildman–Crippen MR) is 51.8 cm³/mol. The van der Waals surface area contributed by atoms with E-state index in [2.05, 4.69) is 10.3 Å². The molecule has 0 unspecified atom stereocenters. The second-order valence-corrected chi connectivity index (χ2v) is 2.69. The predicted octanol–water partition coefficient (Wildman–Crippen LogP) is 1.84. The van der Waals surface area contributed by atoms with E-state index in [1.165, 1.54) is 6.20 Å². The molecule has 1 N–H and O–H groups in total. The topological polar surface area (TPSA) is 24.9 Å². The van der Waals surface area contributed by atoms with Crippen LogP contribution in [0.2, 0.25) is 0 Å². The van der Waals surface area contributed by atoms with Gasteiger partial charge in [0.05, 0.1) is 6.20 Å². The summed E-state index contributed by atoms with van der Waals surface area (Å²) in [7, 11) is 1.89. The zero-order valence-electron chi connectivity index (χ0n) is 7.63. The van der Waals surface area contributed by atoms with Crippen molar-refractivity contribution < 1.29 is 4.39 Å². The Labute approximate surface area is 77.5 Å². The molecule has 0 radical (unpaired) electrons. The van der Waals surface area contributed by atoms with E-state index >= 15 is 0 Å². The van der Waals surface area contributed by atoms with Crippen molar-refractivity contribution in [2.75, 3.05) is 13.6 Å². The third-order valence-electron chi connectivity index (χ3n) is 1.66. The molecule has 0 aliphatic rings. The molecule has 0 fully saturated rings. The summed E-state index contributed by atoms with van der Waals surface area (Å²) in [5.74, 6) is -0.275. The summed E-state index contributed by atoms with van der Waals surface area (Å²) in [6.45, 7) is 0.906. The number of aromatic nitrogens is 1. The highest BCUT2D eigenvalue weighted by molar-refractivity contribution is 5.48. The van der Waals surface area contributed by atoms with Crippen molar-refractivity contribution in [2.45, 2.75) is 6.42 Å². The first-order chi connectivity index (χ1) is 6.34. The number of halogens is 1. The SMILES string of the molecule is CNCCC=Cc1ccncc1F. The maximum atomic E-state index is 13.0. The molecule has 0 atom stereocenters. The van der Waals surface area contributed by atoms with Gasteiger partial charge in [-0.25, -0.2) is 4.39 Å². The first kappa shape index (κ1) is 9.86. The average Bonchev–Trinajstić information content (AvgIpc) is 2.15. The summed E-state index contributed by atoms with van der Waals surface area (Å²) < 4.78 is 13.0. The van der Waals surface area contributed by atoms with Crippen molar-refractivity contribution >= 4 is 6.08 Å². The largest absolute Gasteiger partial charge is 0.319 e. The zero-order valence-corrected chi connectivity index (χ0v) is 7.63. The van der Waals surface area contributed by atoms with Crippen molar-refractivity contribution in [2.24, 2.45) is 0 Å².